The van der Waals surface area contributed by atoms with Crippen LogP contribution in [0.5, 0.6) is 0 Å². The van der Waals surface area contributed by atoms with Crippen molar-refractivity contribution in [1.29, 1.82) is 0 Å². The monoisotopic (exact) mass is 595 g/mol. The first-order valence-electron chi connectivity index (χ1n) is 9.95. The van der Waals surface area contributed by atoms with E-state index in [1.54, 1.807) is 0 Å². The van der Waals surface area contributed by atoms with E-state index in [2.05, 4.69) is 19.3 Å². The van der Waals surface area contributed by atoms with Crippen molar-refractivity contribution in [3.05, 3.63) is 12.7 Å². The van der Waals surface area contributed by atoms with E-state index in [1.165, 1.54) is 17.2 Å². The minimum atomic E-state index is -5.05. The van der Waals surface area contributed by atoms with Gasteiger partial charge in [-0.3, -0.25) is 4.57 Å². The van der Waals surface area contributed by atoms with Crippen LogP contribution in [0.25, 0.3) is 11.2 Å². The molecule has 218 valence electrons. The smallest absolute Gasteiger partial charge is 0.394 e. The molecule has 1 aliphatic rings. The maximum absolute atomic E-state index is 9.95. The number of imidazole rings is 1. The number of aliphatic hydroxyl groups is 7. The van der Waals surface area contributed by atoms with Crippen LogP contribution in [0.1, 0.15) is 6.23 Å². The Bertz CT molecular complexity index is 1110. The lowest BCUT2D eigenvalue weighted by molar-refractivity contribution is -0.127. The van der Waals surface area contributed by atoms with Gasteiger partial charge in [-0.1, -0.05) is 0 Å². The minimum Gasteiger partial charge on any atom is -0.394 e. The van der Waals surface area contributed by atoms with Gasteiger partial charge >= 0.3 is 15.6 Å². The van der Waals surface area contributed by atoms with Crippen LogP contribution in [0.15, 0.2) is 12.7 Å². The molecule has 0 bridgehead atoms. The molecule has 0 saturated carbocycles. The summed E-state index contributed by atoms with van der Waals surface area (Å²) in [5.41, 5.74) is 6.44. The number of anilines is 1. The van der Waals surface area contributed by atoms with E-state index in [4.69, 9.17) is 55.6 Å². The van der Waals surface area contributed by atoms with Crippen LogP contribution in [0.2, 0.25) is 0 Å². The highest BCUT2D eigenvalue weighted by atomic mass is 31.3. The molecular formula is C15H27N5O16P2. The van der Waals surface area contributed by atoms with E-state index in [0.29, 0.717) is 11.2 Å². The van der Waals surface area contributed by atoms with E-state index in [9.17, 15) is 24.1 Å². The Hall–Kier alpha value is -2.04. The van der Waals surface area contributed by atoms with Crippen LogP contribution in [0, 0.1) is 0 Å². The largest absolute Gasteiger partial charge is 0.478 e. The zero-order valence-electron chi connectivity index (χ0n) is 18.9. The lowest BCUT2D eigenvalue weighted by atomic mass is 10.1. The number of nitrogens with two attached hydrogens (primary N) is 1. The van der Waals surface area contributed by atoms with Gasteiger partial charge in [0.2, 0.25) is 0 Å². The van der Waals surface area contributed by atoms with Gasteiger partial charge in [0.25, 0.3) is 0 Å². The maximum atomic E-state index is 9.95. The number of aliphatic hydroxyl groups excluding tert-OH is 7. The third-order valence-electron chi connectivity index (χ3n) is 4.46. The van der Waals surface area contributed by atoms with Crippen molar-refractivity contribution in [2.45, 2.75) is 42.9 Å². The normalized spacial score (nSPS) is 24.0. The molecular weight excluding hydrogens is 568 g/mol. The molecule has 38 heavy (non-hydrogen) atoms. The summed E-state index contributed by atoms with van der Waals surface area (Å²) >= 11 is 0. The number of phosphoric acid groups is 2. The number of hydrogen-bond donors (Lipinski definition) is 12. The number of aromatic nitrogens is 4. The number of carbonyl (C=O) groups is 1. The van der Waals surface area contributed by atoms with Crippen LogP contribution in [-0.4, -0.2) is 131 Å². The van der Waals surface area contributed by atoms with Gasteiger partial charge in [0.05, 0.1) is 19.5 Å². The molecule has 21 nitrogen and oxygen atoms in total. The highest BCUT2D eigenvalue weighted by Gasteiger charge is 2.44. The second-order valence-electron chi connectivity index (χ2n) is 7.24. The van der Waals surface area contributed by atoms with E-state index in [-0.39, 0.29) is 12.1 Å². The van der Waals surface area contributed by atoms with Crippen molar-refractivity contribution >= 4 is 38.9 Å². The van der Waals surface area contributed by atoms with Gasteiger partial charge in [0.1, 0.15) is 48.5 Å². The molecule has 0 amide bonds. The number of ether oxygens (including phenoxy) is 1. The van der Waals surface area contributed by atoms with Crippen LogP contribution < -0.4 is 5.73 Å². The number of fused-ring (bicyclic) bond motifs is 1. The average Bonchev–Trinajstić information content (AvgIpc) is 3.37. The third-order valence-corrected chi connectivity index (χ3v) is 6.16. The van der Waals surface area contributed by atoms with Crippen LogP contribution in [0.4, 0.5) is 5.82 Å². The molecule has 13 N–H and O–H groups in total. The summed E-state index contributed by atoms with van der Waals surface area (Å²) in [5, 5.41) is 62.8. The van der Waals surface area contributed by atoms with Gasteiger partial charge in [-0.25, -0.2) is 24.1 Å². The molecule has 0 aromatic carbocycles. The van der Waals surface area contributed by atoms with Gasteiger partial charge in [-0.15, -0.1) is 0 Å². The van der Waals surface area contributed by atoms with Gasteiger partial charge < -0.3 is 70.6 Å². The molecule has 2 aromatic heterocycles. The summed E-state index contributed by atoms with van der Waals surface area (Å²) in [6.45, 7) is -1.08. The Morgan fingerprint density at radius 2 is 1.63 bits per heavy atom. The van der Waals surface area contributed by atoms with Gasteiger partial charge in [-0.2, -0.15) is 4.31 Å². The lowest BCUT2D eigenvalue weighted by Gasteiger charge is -2.16. The van der Waals surface area contributed by atoms with Gasteiger partial charge in [0.15, 0.2) is 24.0 Å². The zero-order chi connectivity index (χ0) is 29.4. The molecule has 0 radical (unpaired) electrons. The lowest BCUT2D eigenvalue weighted by Crippen LogP contribution is -2.40. The van der Waals surface area contributed by atoms with E-state index < -0.39 is 71.7 Å². The topological polar surface area (TPSA) is 362 Å². The number of hydrogen-bond acceptors (Lipinski definition) is 16. The number of aldehydes is 1. The second kappa shape index (κ2) is 14.4. The first-order valence-corrected chi connectivity index (χ1v) is 13.0. The molecule has 1 fully saturated rings. The molecule has 0 aliphatic carbocycles. The first kappa shape index (κ1) is 34.0. The molecule has 23 heteroatoms. The zero-order valence-corrected chi connectivity index (χ0v) is 20.7. The minimum absolute atomic E-state index is 0.0869. The van der Waals surface area contributed by atoms with Crippen molar-refractivity contribution < 1.29 is 78.3 Å². The molecule has 3 heterocycles. The van der Waals surface area contributed by atoms with Crippen LogP contribution in [-0.2, 0) is 23.0 Å². The number of nitrogens with zero attached hydrogens (tertiary/aromatic N) is 4. The summed E-state index contributed by atoms with van der Waals surface area (Å²) in [7, 11) is -10.1. The fourth-order valence-electron chi connectivity index (χ4n) is 2.72. The Morgan fingerprint density at radius 1 is 1.05 bits per heavy atom. The van der Waals surface area contributed by atoms with Crippen molar-refractivity contribution in [2.24, 2.45) is 0 Å². The SMILES string of the molecule is Nc1ncnc2c1ncn2[C@@H]1O[C@H](CO)[C@@H](O)[C@H]1O.O=C[C@H](O)[C@H](O)[C@H](O)CO.O=P(O)(O)OP(=O)(O)O. The molecule has 0 unspecified atom stereocenters. The Kier molecular flexibility index (Phi) is 12.9. The van der Waals surface area contributed by atoms with Gasteiger partial charge in [0, 0.05) is 0 Å². The Morgan fingerprint density at radius 3 is 2.05 bits per heavy atom. The van der Waals surface area contributed by atoms with Crippen molar-refractivity contribution in [1.82, 2.24) is 19.5 Å². The summed E-state index contributed by atoms with van der Waals surface area (Å²) in [5.74, 6) is 0.218. The predicted octanol–water partition coefficient (Wildman–Crippen LogP) is -5.53. The molecule has 2 aromatic rings. The molecule has 1 aliphatic heterocycles. The summed E-state index contributed by atoms with van der Waals surface area (Å²) < 4.78 is 29.1. The van der Waals surface area contributed by atoms with E-state index in [1.807, 2.05) is 0 Å². The molecule has 7 atom stereocenters. The van der Waals surface area contributed by atoms with E-state index >= 15 is 0 Å². The van der Waals surface area contributed by atoms with Crippen molar-refractivity contribution in [3.8, 4) is 0 Å². The van der Waals surface area contributed by atoms with Crippen molar-refractivity contribution in [2.75, 3.05) is 18.9 Å². The fourth-order valence-corrected chi connectivity index (χ4v) is 3.83. The quantitative estimate of drug-likeness (QED) is 0.0999. The van der Waals surface area contributed by atoms with Crippen molar-refractivity contribution in [3.63, 3.8) is 0 Å². The van der Waals surface area contributed by atoms with Crippen LogP contribution >= 0.6 is 15.6 Å². The predicted molar refractivity (Wildman–Crippen MR) is 119 cm³/mol. The Balaban J connectivity index is 0.000000323. The summed E-state index contributed by atoms with van der Waals surface area (Å²) in [4.78, 5) is 52.7. The van der Waals surface area contributed by atoms with Gasteiger partial charge in [-0.05, 0) is 0 Å². The van der Waals surface area contributed by atoms with Crippen LogP contribution in [0.3, 0.4) is 0 Å². The molecule has 3 rings (SSSR count). The second-order valence-corrected chi connectivity index (χ2v) is 9.86. The summed E-state index contributed by atoms with van der Waals surface area (Å²) in [6.07, 6.45) is -6.05. The number of rotatable bonds is 8. The average molecular weight is 595 g/mol. The molecule has 0 spiro atoms. The van der Waals surface area contributed by atoms with E-state index in [0.717, 1.165) is 0 Å². The maximum Gasteiger partial charge on any atom is 0.478 e. The highest BCUT2D eigenvalue weighted by molar-refractivity contribution is 7.60. The molecule has 1 saturated heterocycles. The summed E-state index contributed by atoms with van der Waals surface area (Å²) in [6, 6.07) is 0. The fraction of sp³-hybridized carbons (Fsp3) is 0.600. The highest BCUT2D eigenvalue weighted by Crippen LogP contribution is 2.53. The third kappa shape index (κ3) is 9.93. The number of nitrogen functional groups attached to an aromatic ring is 1. The first-order chi connectivity index (χ1) is 17.5. The Labute approximate surface area is 211 Å². The standard InChI is InChI=1S/C10H13N5O4.C5H10O5.H4O7P2/c11-8-5-9(13-2-12-8)15(3-14-5)10-7(18)6(17)4(1-16)19-10;6-1-3(8)5(10)4(9)2-7;1-8(2,3)7-9(4,5)6/h2-4,6-7,10,16-18H,1H2,(H2,11,12,13);1,3-5,7-10H,2H2;(H2,1,2,3)(H2,4,5,6)/t4-,6-,7-,10-;3-,4+,5-;/m10./s1. The number of carbonyl (C=O) groups excluding carboxylic acids is 1.